The first-order chi connectivity index (χ1) is 20.0. The predicted octanol–water partition coefficient (Wildman–Crippen LogP) is 3.74. The number of benzene rings is 2. The first-order valence-corrected chi connectivity index (χ1v) is 14.5. The molecule has 9 heteroatoms. The van der Waals surface area contributed by atoms with Gasteiger partial charge in [0.15, 0.2) is 0 Å². The maximum atomic E-state index is 12.5. The molecule has 0 aliphatic carbocycles. The van der Waals surface area contributed by atoms with Gasteiger partial charge in [0, 0.05) is 57.9 Å². The van der Waals surface area contributed by atoms with E-state index in [-0.39, 0.29) is 24.5 Å². The van der Waals surface area contributed by atoms with E-state index in [1.807, 2.05) is 0 Å². The van der Waals surface area contributed by atoms with Gasteiger partial charge in [-0.3, -0.25) is 9.69 Å². The van der Waals surface area contributed by atoms with Gasteiger partial charge >= 0.3 is 6.01 Å². The third kappa shape index (κ3) is 5.76. The van der Waals surface area contributed by atoms with Gasteiger partial charge in [-0.2, -0.15) is 15.2 Å². The van der Waals surface area contributed by atoms with Crippen LogP contribution in [0.25, 0.3) is 10.8 Å². The lowest BCUT2D eigenvalue weighted by Crippen LogP contribution is -2.55. The van der Waals surface area contributed by atoms with E-state index in [0.29, 0.717) is 32.2 Å². The second-order valence-corrected chi connectivity index (χ2v) is 11.4. The molecule has 0 N–H and O–H groups in total. The molecule has 2 saturated heterocycles. The number of amides is 1. The maximum absolute atomic E-state index is 12.5. The maximum Gasteiger partial charge on any atom is 0.318 e. The SMILES string of the molecule is C=CC(=O)N1CCN(c2nc(OC3CCN(C)CC3)nc3c2CN(Cc2cccc4ccccc24)C3)CC1CC#N. The second-order valence-electron chi connectivity index (χ2n) is 11.4. The zero-order valence-corrected chi connectivity index (χ0v) is 23.7. The summed E-state index contributed by atoms with van der Waals surface area (Å²) in [7, 11) is 2.14. The molecule has 212 valence electrons. The van der Waals surface area contributed by atoms with E-state index in [1.165, 1.54) is 22.4 Å². The average Bonchev–Trinajstić information content (AvgIpc) is 3.40. The van der Waals surface area contributed by atoms with E-state index in [1.54, 1.807) is 4.90 Å². The molecule has 3 aliphatic heterocycles. The molecule has 41 heavy (non-hydrogen) atoms. The van der Waals surface area contributed by atoms with Crippen LogP contribution in [0.3, 0.4) is 0 Å². The summed E-state index contributed by atoms with van der Waals surface area (Å²) in [5, 5.41) is 12.0. The Morgan fingerprint density at radius 1 is 1.10 bits per heavy atom. The van der Waals surface area contributed by atoms with Gasteiger partial charge in [-0.25, -0.2) is 0 Å². The van der Waals surface area contributed by atoms with Gasteiger partial charge < -0.3 is 19.4 Å². The molecule has 3 aromatic rings. The summed E-state index contributed by atoms with van der Waals surface area (Å²) in [4.78, 5) is 31.2. The van der Waals surface area contributed by atoms with E-state index >= 15 is 0 Å². The third-order valence-corrected chi connectivity index (χ3v) is 8.58. The Morgan fingerprint density at radius 3 is 2.71 bits per heavy atom. The number of hydrogen-bond acceptors (Lipinski definition) is 8. The van der Waals surface area contributed by atoms with Gasteiger partial charge in [0.25, 0.3) is 0 Å². The smallest absolute Gasteiger partial charge is 0.318 e. The molecule has 0 saturated carbocycles. The largest absolute Gasteiger partial charge is 0.460 e. The van der Waals surface area contributed by atoms with Crippen molar-refractivity contribution in [2.24, 2.45) is 0 Å². The summed E-state index contributed by atoms with van der Waals surface area (Å²) < 4.78 is 6.40. The Morgan fingerprint density at radius 2 is 1.90 bits per heavy atom. The number of anilines is 1. The van der Waals surface area contributed by atoms with Crippen molar-refractivity contribution in [1.82, 2.24) is 24.7 Å². The Bertz CT molecular complexity index is 1470. The van der Waals surface area contributed by atoms with Crippen molar-refractivity contribution in [2.45, 2.75) is 51.0 Å². The van der Waals surface area contributed by atoms with Crippen LogP contribution in [0.5, 0.6) is 6.01 Å². The fourth-order valence-corrected chi connectivity index (χ4v) is 6.36. The first-order valence-electron chi connectivity index (χ1n) is 14.5. The molecule has 4 heterocycles. The number of piperazine rings is 1. The van der Waals surface area contributed by atoms with Crippen LogP contribution in [0.1, 0.15) is 36.1 Å². The second kappa shape index (κ2) is 11.9. The molecule has 1 amide bonds. The number of nitrogens with zero attached hydrogens (tertiary/aromatic N) is 7. The molecule has 0 bridgehead atoms. The highest BCUT2D eigenvalue weighted by atomic mass is 16.5. The van der Waals surface area contributed by atoms with E-state index in [2.05, 4.69) is 76.9 Å². The number of hydrogen-bond donors (Lipinski definition) is 0. The third-order valence-electron chi connectivity index (χ3n) is 8.58. The standard InChI is InChI=1S/C32H37N7O2/c1-3-30(40)39-18-17-38(20-25(39)11-14-33)31-28-21-37(19-24-9-6-8-23-7-4-5-10-27(23)24)22-29(28)34-32(35-31)41-26-12-15-36(2)16-13-26/h3-10,25-26H,1,11-13,15-22H2,2H3. The van der Waals surface area contributed by atoms with Crippen molar-refractivity contribution >= 4 is 22.5 Å². The lowest BCUT2D eigenvalue weighted by atomic mass is 10.0. The molecule has 6 rings (SSSR count). The Balaban J connectivity index is 1.29. The van der Waals surface area contributed by atoms with Crippen LogP contribution in [0, 0.1) is 11.3 Å². The average molecular weight is 552 g/mol. The Labute approximate surface area is 241 Å². The van der Waals surface area contributed by atoms with Crippen LogP contribution in [0.4, 0.5) is 5.82 Å². The number of aromatic nitrogens is 2. The highest BCUT2D eigenvalue weighted by Crippen LogP contribution is 2.34. The summed E-state index contributed by atoms with van der Waals surface area (Å²) in [5.41, 5.74) is 3.40. The molecular weight excluding hydrogens is 514 g/mol. The van der Waals surface area contributed by atoms with Crippen LogP contribution < -0.4 is 9.64 Å². The highest BCUT2D eigenvalue weighted by molar-refractivity contribution is 5.87. The van der Waals surface area contributed by atoms with Gasteiger partial charge in [-0.05, 0) is 42.3 Å². The Hall–Kier alpha value is -4.00. The van der Waals surface area contributed by atoms with E-state index in [9.17, 15) is 10.1 Å². The van der Waals surface area contributed by atoms with Crippen molar-refractivity contribution < 1.29 is 9.53 Å². The van der Waals surface area contributed by atoms with Gasteiger partial charge in [0.05, 0.1) is 24.2 Å². The molecule has 1 atom stereocenters. The van der Waals surface area contributed by atoms with Gasteiger partial charge in [0.2, 0.25) is 5.91 Å². The number of piperidine rings is 1. The molecule has 3 aliphatic rings. The number of ether oxygens (including phenoxy) is 1. The van der Waals surface area contributed by atoms with Crippen molar-refractivity contribution in [3.8, 4) is 12.1 Å². The minimum Gasteiger partial charge on any atom is -0.460 e. The molecule has 2 fully saturated rings. The van der Waals surface area contributed by atoms with E-state index in [0.717, 1.165) is 56.1 Å². The number of likely N-dealkylation sites (tertiary alicyclic amines) is 1. The lowest BCUT2D eigenvalue weighted by molar-refractivity contribution is -0.128. The van der Waals surface area contributed by atoms with Crippen molar-refractivity contribution in [3.05, 3.63) is 71.9 Å². The van der Waals surface area contributed by atoms with Crippen LogP contribution in [-0.2, 0) is 24.4 Å². The van der Waals surface area contributed by atoms with Crippen LogP contribution >= 0.6 is 0 Å². The summed E-state index contributed by atoms with van der Waals surface area (Å²) in [6.07, 6.45) is 3.59. The fourth-order valence-electron chi connectivity index (χ4n) is 6.36. The van der Waals surface area contributed by atoms with Gasteiger partial charge in [-0.15, -0.1) is 0 Å². The molecule has 9 nitrogen and oxygen atoms in total. The number of rotatable bonds is 7. The monoisotopic (exact) mass is 551 g/mol. The Kier molecular flexibility index (Phi) is 7.86. The minimum atomic E-state index is -0.226. The topological polar surface area (TPSA) is 88.8 Å². The molecule has 1 unspecified atom stereocenters. The first kappa shape index (κ1) is 27.2. The molecular formula is C32H37N7O2. The molecule has 2 aromatic carbocycles. The van der Waals surface area contributed by atoms with Gasteiger partial charge in [0.1, 0.15) is 11.9 Å². The van der Waals surface area contributed by atoms with Crippen LogP contribution in [0.15, 0.2) is 55.1 Å². The van der Waals surface area contributed by atoms with Crippen molar-refractivity contribution in [1.29, 1.82) is 5.26 Å². The highest BCUT2D eigenvalue weighted by Gasteiger charge is 2.34. The van der Waals surface area contributed by atoms with E-state index in [4.69, 9.17) is 14.7 Å². The van der Waals surface area contributed by atoms with E-state index < -0.39 is 0 Å². The summed E-state index contributed by atoms with van der Waals surface area (Å²) in [5.74, 6) is 0.734. The van der Waals surface area contributed by atoms with Gasteiger partial charge in [-0.1, -0.05) is 49.0 Å². The zero-order chi connectivity index (χ0) is 28.3. The normalized spacial score (nSPS) is 20.1. The molecule has 0 radical (unpaired) electrons. The lowest BCUT2D eigenvalue weighted by Gasteiger charge is -2.41. The molecule has 1 aromatic heterocycles. The number of carbonyl (C=O) groups excluding carboxylic acids is 1. The number of fused-ring (bicyclic) bond motifs is 2. The number of nitriles is 1. The summed E-state index contributed by atoms with van der Waals surface area (Å²) in [6, 6.07) is 17.5. The van der Waals surface area contributed by atoms with Crippen LogP contribution in [0.2, 0.25) is 0 Å². The minimum absolute atomic E-state index is 0.0960. The fraction of sp³-hybridized carbons (Fsp3) is 0.438. The molecule has 0 spiro atoms. The zero-order valence-electron chi connectivity index (χ0n) is 23.7. The van der Waals surface area contributed by atoms with Crippen LogP contribution in [-0.4, -0.2) is 82.5 Å². The number of carbonyl (C=O) groups is 1. The predicted molar refractivity (Wildman–Crippen MR) is 158 cm³/mol. The summed E-state index contributed by atoms with van der Waals surface area (Å²) in [6.45, 7) is 9.58. The van der Waals surface area contributed by atoms with Crippen molar-refractivity contribution in [2.75, 3.05) is 44.7 Å². The van der Waals surface area contributed by atoms with Crippen molar-refractivity contribution in [3.63, 3.8) is 0 Å². The summed E-state index contributed by atoms with van der Waals surface area (Å²) >= 11 is 0. The quantitative estimate of drug-likeness (QED) is 0.411.